The van der Waals surface area contributed by atoms with Crippen molar-refractivity contribution in [3.63, 3.8) is 0 Å². The van der Waals surface area contributed by atoms with Crippen LogP contribution in [0.5, 0.6) is 0 Å². The van der Waals surface area contributed by atoms with Crippen molar-refractivity contribution in [3.8, 4) is 0 Å². The number of hydrogen-bond acceptors (Lipinski definition) is 3. The van der Waals surface area contributed by atoms with Crippen LogP contribution < -0.4 is 5.32 Å². The molecule has 124 valence electrons. The Morgan fingerprint density at radius 1 is 1.29 bits per heavy atom. The first-order chi connectivity index (χ1) is 11.5. The summed E-state index contributed by atoms with van der Waals surface area (Å²) in [5.74, 6) is -0.582. The number of nitrogens with one attached hydrogen (secondary N) is 1. The average Bonchev–Trinajstić information content (AvgIpc) is 2.97. The van der Waals surface area contributed by atoms with Crippen LogP contribution in [0.1, 0.15) is 46.8 Å². The van der Waals surface area contributed by atoms with Crippen molar-refractivity contribution in [3.05, 3.63) is 65.1 Å². The second-order valence-electron chi connectivity index (χ2n) is 5.81. The number of nitrogens with zero attached hydrogens (tertiary/aromatic N) is 3. The van der Waals surface area contributed by atoms with Crippen molar-refractivity contribution in [1.82, 2.24) is 19.7 Å². The van der Waals surface area contributed by atoms with Crippen molar-refractivity contribution in [2.45, 2.75) is 33.2 Å². The fourth-order valence-corrected chi connectivity index (χ4v) is 2.78. The van der Waals surface area contributed by atoms with Crippen LogP contribution in [0.3, 0.4) is 0 Å². The van der Waals surface area contributed by atoms with Gasteiger partial charge in [-0.1, -0.05) is 19.1 Å². The van der Waals surface area contributed by atoms with Crippen LogP contribution in [0, 0.1) is 19.7 Å². The minimum atomic E-state index is -0.296. The van der Waals surface area contributed by atoms with E-state index in [0.29, 0.717) is 17.8 Å². The maximum atomic E-state index is 13.1. The summed E-state index contributed by atoms with van der Waals surface area (Å²) in [6.45, 7) is 5.79. The molecule has 1 atom stereocenters. The highest BCUT2D eigenvalue weighted by Gasteiger charge is 2.19. The first-order valence-electron chi connectivity index (χ1n) is 7.87. The van der Waals surface area contributed by atoms with E-state index < -0.39 is 0 Å². The maximum Gasteiger partial charge on any atom is 0.274 e. The van der Waals surface area contributed by atoms with Gasteiger partial charge >= 0.3 is 0 Å². The number of carbonyl (C=O) groups is 1. The molecule has 1 unspecified atom stereocenters. The van der Waals surface area contributed by atoms with Gasteiger partial charge in [0.25, 0.3) is 5.91 Å². The van der Waals surface area contributed by atoms with Crippen LogP contribution in [-0.2, 0) is 0 Å². The van der Waals surface area contributed by atoms with E-state index in [2.05, 4.69) is 15.3 Å². The van der Waals surface area contributed by atoms with Crippen LogP contribution in [0.2, 0.25) is 0 Å². The standard InChI is InChI=1S/C18H19FN4O/c1-4-15(13-5-7-14(19)8-6-13)22-18(24)16-17-21-11(2)9-12(3)23(17)10-20-16/h5-10,15H,4H2,1-3H3,(H,22,24). The molecule has 0 saturated carbocycles. The molecular weight excluding hydrogens is 307 g/mol. The number of rotatable bonds is 4. The van der Waals surface area contributed by atoms with Crippen molar-refractivity contribution in [1.29, 1.82) is 0 Å². The lowest BCUT2D eigenvalue weighted by Crippen LogP contribution is -2.28. The zero-order valence-electron chi connectivity index (χ0n) is 13.9. The number of imidazole rings is 1. The first kappa shape index (κ1) is 16.1. The van der Waals surface area contributed by atoms with Gasteiger partial charge in [-0.3, -0.25) is 9.20 Å². The molecule has 5 nitrogen and oxygen atoms in total. The third-order valence-electron chi connectivity index (χ3n) is 4.02. The minimum absolute atomic E-state index is 0.208. The minimum Gasteiger partial charge on any atom is -0.344 e. The largest absolute Gasteiger partial charge is 0.344 e. The monoisotopic (exact) mass is 326 g/mol. The van der Waals surface area contributed by atoms with Gasteiger partial charge in [0.1, 0.15) is 12.1 Å². The van der Waals surface area contributed by atoms with Crippen LogP contribution in [-0.4, -0.2) is 20.3 Å². The second-order valence-corrected chi connectivity index (χ2v) is 5.81. The van der Waals surface area contributed by atoms with Crippen molar-refractivity contribution in [2.75, 3.05) is 0 Å². The number of hydrogen-bond donors (Lipinski definition) is 1. The molecular formula is C18H19FN4O. The molecule has 2 aromatic heterocycles. The van der Waals surface area contributed by atoms with E-state index in [1.54, 1.807) is 22.9 Å². The van der Waals surface area contributed by atoms with Gasteiger partial charge in [0.2, 0.25) is 0 Å². The van der Waals surface area contributed by atoms with E-state index in [0.717, 1.165) is 17.0 Å². The molecule has 0 bridgehead atoms. The topological polar surface area (TPSA) is 59.3 Å². The predicted octanol–water partition coefficient (Wildman–Crippen LogP) is 3.37. The molecule has 0 aliphatic carbocycles. The Morgan fingerprint density at radius 2 is 2.00 bits per heavy atom. The number of halogens is 1. The number of amides is 1. The van der Waals surface area contributed by atoms with Crippen LogP contribution in [0.15, 0.2) is 36.7 Å². The Balaban J connectivity index is 1.90. The van der Waals surface area contributed by atoms with E-state index in [-0.39, 0.29) is 17.8 Å². The number of aromatic nitrogens is 3. The summed E-state index contributed by atoms with van der Waals surface area (Å²) in [5.41, 5.74) is 3.49. The molecule has 0 spiro atoms. The molecule has 1 N–H and O–H groups in total. The second kappa shape index (κ2) is 6.39. The van der Waals surface area contributed by atoms with Gasteiger partial charge in [0.15, 0.2) is 11.3 Å². The van der Waals surface area contributed by atoms with Crippen molar-refractivity contribution < 1.29 is 9.18 Å². The summed E-state index contributed by atoms with van der Waals surface area (Å²) < 4.78 is 14.9. The van der Waals surface area contributed by atoms with E-state index in [1.807, 2.05) is 26.8 Å². The molecule has 6 heteroatoms. The van der Waals surface area contributed by atoms with Gasteiger partial charge < -0.3 is 5.32 Å². The van der Waals surface area contributed by atoms with Crippen molar-refractivity contribution >= 4 is 11.6 Å². The SMILES string of the molecule is CCC(NC(=O)c1ncn2c(C)cc(C)nc12)c1ccc(F)cc1. The van der Waals surface area contributed by atoms with E-state index >= 15 is 0 Å². The number of carbonyl (C=O) groups excluding carboxylic acids is 1. The van der Waals surface area contributed by atoms with Crippen LogP contribution in [0.4, 0.5) is 4.39 Å². The zero-order chi connectivity index (χ0) is 17.3. The lowest BCUT2D eigenvalue weighted by molar-refractivity contribution is 0.0932. The third kappa shape index (κ3) is 2.99. The molecule has 0 fully saturated rings. The summed E-state index contributed by atoms with van der Waals surface area (Å²) >= 11 is 0. The fourth-order valence-electron chi connectivity index (χ4n) is 2.78. The molecule has 3 aromatic rings. The van der Waals surface area contributed by atoms with Gasteiger partial charge in [-0.15, -0.1) is 0 Å². The van der Waals surface area contributed by atoms with Crippen LogP contribution >= 0.6 is 0 Å². The Hall–Kier alpha value is -2.76. The average molecular weight is 326 g/mol. The molecule has 0 aliphatic heterocycles. The highest BCUT2D eigenvalue weighted by molar-refractivity contribution is 5.98. The molecule has 1 amide bonds. The Morgan fingerprint density at radius 3 is 2.67 bits per heavy atom. The predicted molar refractivity (Wildman–Crippen MR) is 89.4 cm³/mol. The van der Waals surface area contributed by atoms with E-state index in [4.69, 9.17) is 0 Å². The summed E-state index contributed by atoms with van der Waals surface area (Å²) in [6, 6.07) is 7.88. The lowest BCUT2D eigenvalue weighted by atomic mass is 10.0. The molecule has 0 aliphatic rings. The molecule has 2 heterocycles. The molecule has 0 saturated heterocycles. The smallest absolute Gasteiger partial charge is 0.274 e. The zero-order valence-corrected chi connectivity index (χ0v) is 13.9. The van der Waals surface area contributed by atoms with E-state index in [1.165, 1.54) is 12.1 Å². The Kier molecular flexibility index (Phi) is 4.29. The summed E-state index contributed by atoms with van der Waals surface area (Å²) in [4.78, 5) is 21.3. The van der Waals surface area contributed by atoms with Gasteiger partial charge in [0, 0.05) is 11.4 Å². The summed E-state index contributed by atoms with van der Waals surface area (Å²) in [6.07, 6.45) is 2.29. The number of benzene rings is 1. The Labute approximate surface area is 139 Å². The quantitative estimate of drug-likeness (QED) is 0.800. The molecule has 0 radical (unpaired) electrons. The maximum absolute atomic E-state index is 13.1. The van der Waals surface area contributed by atoms with Gasteiger partial charge in [-0.25, -0.2) is 14.4 Å². The highest BCUT2D eigenvalue weighted by atomic mass is 19.1. The normalized spacial score (nSPS) is 12.3. The highest BCUT2D eigenvalue weighted by Crippen LogP contribution is 2.19. The first-order valence-corrected chi connectivity index (χ1v) is 7.87. The number of aryl methyl sites for hydroxylation is 2. The van der Waals surface area contributed by atoms with Gasteiger partial charge in [0.05, 0.1) is 6.04 Å². The molecule has 3 rings (SSSR count). The van der Waals surface area contributed by atoms with Gasteiger partial charge in [-0.05, 0) is 44.0 Å². The van der Waals surface area contributed by atoms with Gasteiger partial charge in [-0.2, -0.15) is 0 Å². The Bertz CT molecular complexity index is 886. The van der Waals surface area contributed by atoms with E-state index in [9.17, 15) is 9.18 Å². The van der Waals surface area contributed by atoms with Crippen molar-refractivity contribution in [2.24, 2.45) is 0 Å². The third-order valence-corrected chi connectivity index (χ3v) is 4.02. The summed E-state index contributed by atoms with van der Waals surface area (Å²) in [7, 11) is 0. The van der Waals surface area contributed by atoms with Crippen LogP contribution in [0.25, 0.3) is 5.65 Å². The summed E-state index contributed by atoms with van der Waals surface area (Å²) in [5, 5.41) is 2.96. The molecule has 24 heavy (non-hydrogen) atoms. The lowest BCUT2D eigenvalue weighted by Gasteiger charge is -2.17. The fraction of sp³-hybridized carbons (Fsp3) is 0.278. The molecule has 1 aromatic carbocycles. The number of fused-ring (bicyclic) bond motifs is 1.